The first-order valence-electron chi connectivity index (χ1n) is 8.27. The number of fused-ring (bicyclic) bond motifs is 1. The SMILES string of the molecule is COc1cc2nc(N(C)C[C@H](O)c3ccc(F)cc3)nc(N)c2cc1OC. The number of hydrogen-bond donors (Lipinski definition) is 2. The third kappa shape index (κ3) is 3.85. The normalized spacial score (nSPS) is 12.0. The average Bonchev–Trinajstić information content (AvgIpc) is 2.67. The van der Waals surface area contributed by atoms with Crippen LogP contribution in [0.1, 0.15) is 11.7 Å². The number of anilines is 2. The number of nitrogen functional groups attached to an aromatic ring is 1. The third-order valence-electron chi connectivity index (χ3n) is 4.26. The van der Waals surface area contributed by atoms with Crippen LogP contribution in [0.25, 0.3) is 10.9 Å². The lowest BCUT2D eigenvalue weighted by atomic mass is 10.1. The van der Waals surface area contributed by atoms with Crippen LogP contribution in [0.2, 0.25) is 0 Å². The molecule has 0 radical (unpaired) electrons. The second kappa shape index (κ2) is 7.63. The van der Waals surface area contributed by atoms with Gasteiger partial charge in [0.15, 0.2) is 11.5 Å². The van der Waals surface area contributed by atoms with Crippen molar-refractivity contribution in [2.45, 2.75) is 6.10 Å². The van der Waals surface area contributed by atoms with Crippen LogP contribution in [0.3, 0.4) is 0 Å². The highest BCUT2D eigenvalue weighted by molar-refractivity contribution is 5.91. The Hall–Kier alpha value is -3.13. The molecule has 7 nitrogen and oxygen atoms in total. The summed E-state index contributed by atoms with van der Waals surface area (Å²) < 4.78 is 23.6. The van der Waals surface area contributed by atoms with Crippen molar-refractivity contribution < 1.29 is 19.0 Å². The van der Waals surface area contributed by atoms with Crippen molar-refractivity contribution in [1.29, 1.82) is 0 Å². The van der Waals surface area contributed by atoms with Gasteiger partial charge in [-0.3, -0.25) is 0 Å². The lowest BCUT2D eigenvalue weighted by molar-refractivity contribution is 0.184. The van der Waals surface area contributed by atoms with Gasteiger partial charge in [-0.05, 0) is 23.8 Å². The number of aromatic nitrogens is 2. The van der Waals surface area contributed by atoms with E-state index < -0.39 is 6.10 Å². The number of methoxy groups -OCH3 is 2. The Balaban J connectivity index is 1.90. The van der Waals surface area contributed by atoms with Crippen LogP contribution in [0.5, 0.6) is 11.5 Å². The average molecular weight is 372 g/mol. The number of aliphatic hydroxyl groups is 1. The van der Waals surface area contributed by atoms with Gasteiger partial charge >= 0.3 is 0 Å². The molecule has 2 aromatic carbocycles. The number of ether oxygens (including phenoxy) is 2. The number of likely N-dealkylation sites (N-methyl/N-ethyl adjacent to an activating group) is 1. The minimum Gasteiger partial charge on any atom is -0.493 e. The van der Waals surface area contributed by atoms with E-state index in [9.17, 15) is 9.50 Å². The highest BCUT2D eigenvalue weighted by Crippen LogP contribution is 2.34. The van der Waals surface area contributed by atoms with Gasteiger partial charge in [-0.1, -0.05) is 12.1 Å². The summed E-state index contributed by atoms with van der Waals surface area (Å²) in [7, 11) is 4.83. The van der Waals surface area contributed by atoms with Crippen LogP contribution in [0.15, 0.2) is 36.4 Å². The first kappa shape index (κ1) is 18.7. The van der Waals surface area contributed by atoms with Crippen molar-refractivity contribution in [2.24, 2.45) is 0 Å². The quantitative estimate of drug-likeness (QED) is 0.687. The molecule has 0 aliphatic carbocycles. The number of benzene rings is 2. The second-order valence-corrected chi connectivity index (χ2v) is 6.08. The predicted molar refractivity (Wildman–Crippen MR) is 102 cm³/mol. The minimum absolute atomic E-state index is 0.212. The summed E-state index contributed by atoms with van der Waals surface area (Å²) in [4.78, 5) is 10.5. The molecule has 0 saturated carbocycles. The summed E-state index contributed by atoms with van der Waals surface area (Å²) in [6.45, 7) is 0.212. The molecule has 0 aliphatic rings. The number of aliphatic hydroxyl groups excluding tert-OH is 1. The van der Waals surface area contributed by atoms with E-state index in [-0.39, 0.29) is 12.4 Å². The highest BCUT2D eigenvalue weighted by Gasteiger charge is 2.16. The molecule has 0 amide bonds. The number of halogens is 1. The van der Waals surface area contributed by atoms with Gasteiger partial charge in [-0.2, -0.15) is 4.98 Å². The Labute approximate surface area is 156 Å². The maximum atomic E-state index is 13.0. The molecule has 8 heteroatoms. The van der Waals surface area contributed by atoms with E-state index in [4.69, 9.17) is 15.2 Å². The van der Waals surface area contributed by atoms with Crippen LogP contribution < -0.4 is 20.1 Å². The summed E-state index contributed by atoms with van der Waals surface area (Å²) in [5, 5.41) is 11.0. The Morgan fingerprint density at radius 1 is 1.11 bits per heavy atom. The van der Waals surface area contributed by atoms with Crippen molar-refractivity contribution in [1.82, 2.24) is 9.97 Å². The zero-order valence-electron chi connectivity index (χ0n) is 15.3. The lowest BCUT2D eigenvalue weighted by Crippen LogP contribution is -2.26. The van der Waals surface area contributed by atoms with Crippen LogP contribution in [0, 0.1) is 5.82 Å². The first-order chi connectivity index (χ1) is 12.9. The van der Waals surface area contributed by atoms with E-state index in [1.807, 2.05) is 0 Å². The summed E-state index contributed by atoms with van der Waals surface area (Å²) in [6.07, 6.45) is -0.832. The molecule has 27 heavy (non-hydrogen) atoms. The number of nitrogens with zero attached hydrogens (tertiary/aromatic N) is 3. The van der Waals surface area contributed by atoms with Crippen molar-refractivity contribution in [3.63, 3.8) is 0 Å². The molecule has 0 fully saturated rings. The smallest absolute Gasteiger partial charge is 0.227 e. The van der Waals surface area contributed by atoms with Gasteiger partial charge in [0.25, 0.3) is 0 Å². The topological polar surface area (TPSA) is 93.7 Å². The largest absolute Gasteiger partial charge is 0.493 e. The molecule has 3 rings (SSSR count). The van der Waals surface area contributed by atoms with Gasteiger partial charge in [0.2, 0.25) is 5.95 Å². The fraction of sp³-hybridized carbons (Fsp3) is 0.263. The van der Waals surface area contributed by atoms with Crippen molar-refractivity contribution in [3.8, 4) is 11.5 Å². The second-order valence-electron chi connectivity index (χ2n) is 6.08. The zero-order chi connectivity index (χ0) is 19.6. The monoisotopic (exact) mass is 372 g/mol. The fourth-order valence-electron chi connectivity index (χ4n) is 2.77. The predicted octanol–water partition coefficient (Wildman–Crippen LogP) is 2.54. The number of nitrogens with two attached hydrogens (primary N) is 1. The van der Waals surface area contributed by atoms with Gasteiger partial charge in [0.1, 0.15) is 11.6 Å². The highest BCUT2D eigenvalue weighted by atomic mass is 19.1. The molecule has 1 heterocycles. The molecule has 0 unspecified atom stereocenters. The van der Waals surface area contributed by atoms with Gasteiger partial charge in [0, 0.05) is 18.5 Å². The Bertz CT molecular complexity index is 950. The van der Waals surface area contributed by atoms with E-state index in [0.29, 0.717) is 39.7 Å². The molecule has 1 aromatic heterocycles. The molecule has 0 bridgehead atoms. The molecule has 0 aliphatic heterocycles. The summed E-state index contributed by atoms with van der Waals surface area (Å²) >= 11 is 0. The van der Waals surface area contributed by atoms with E-state index in [0.717, 1.165) is 0 Å². The third-order valence-corrected chi connectivity index (χ3v) is 4.26. The Kier molecular flexibility index (Phi) is 5.27. The standard InChI is InChI=1S/C19H21FN4O3/c1-24(10-15(25)11-4-6-12(20)7-5-11)19-22-14-9-17(27-3)16(26-2)8-13(14)18(21)23-19/h4-9,15,25H,10H2,1-3H3,(H2,21,22,23)/t15-/m0/s1. The van der Waals surface area contributed by atoms with Crippen LogP contribution in [0.4, 0.5) is 16.2 Å². The fourth-order valence-corrected chi connectivity index (χ4v) is 2.77. The lowest BCUT2D eigenvalue weighted by Gasteiger charge is -2.22. The Morgan fingerprint density at radius 2 is 1.74 bits per heavy atom. The molecule has 3 aromatic rings. The van der Waals surface area contributed by atoms with E-state index in [1.165, 1.54) is 12.1 Å². The maximum absolute atomic E-state index is 13.0. The zero-order valence-corrected chi connectivity index (χ0v) is 15.3. The molecule has 3 N–H and O–H groups in total. The van der Waals surface area contributed by atoms with Crippen molar-refractivity contribution >= 4 is 22.7 Å². The maximum Gasteiger partial charge on any atom is 0.227 e. The van der Waals surface area contributed by atoms with Gasteiger partial charge in [-0.15, -0.1) is 0 Å². The molecular formula is C19H21FN4O3. The van der Waals surface area contributed by atoms with Crippen LogP contribution in [-0.4, -0.2) is 42.9 Å². The van der Waals surface area contributed by atoms with Crippen molar-refractivity contribution in [2.75, 3.05) is 38.4 Å². The van der Waals surface area contributed by atoms with Crippen LogP contribution in [-0.2, 0) is 0 Å². The van der Waals surface area contributed by atoms with E-state index in [2.05, 4.69) is 9.97 Å². The van der Waals surface area contributed by atoms with Crippen molar-refractivity contribution in [3.05, 3.63) is 47.8 Å². The minimum atomic E-state index is -0.832. The summed E-state index contributed by atoms with van der Waals surface area (Å²) in [6, 6.07) is 9.15. The summed E-state index contributed by atoms with van der Waals surface area (Å²) in [5.74, 6) is 1.36. The van der Waals surface area contributed by atoms with E-state index >= 15 is 0 Å². The van der Waals surface area contributed by atoms with Crippen LogP contribution >= 0.6 is 0 Å². The number of hydrogen-bond acceptors (Lipinski definition) is 7. The molecule has 0 saturated heterocycles. The molecule has 0 spiro atoms. The van der Waals surface area contributed by atoms with Gasteiger partial charge in [-0.25, -0.2) is 9.37 Å². The molecule has 142 valence electrons. The molecule has 1 atom stereocenters. The Morgan fingerprint density at radius 3 is 2.37 bits per heavy atom. The van der Waals surface area contributed by atoms with Gasteiger partial charge in [0.05, 0.1) is 32.4 Å². The first-order valence-corrected chi connectivity index (χ1v) is 8.27. The van der Waals surface area contributed by atoms with Gasteiger partial charge < -0.3 is 25.2 Å². The van der Waals surface area contributed by atoms with E-state index in [1.54, 1.807) is 50.4 Å². The summed E-state index contributed by atoms with van der Waals surface area (Å²) in [5.41, 5.74) is 7.29. The molecular weight excluding hydrogens is 351 g/mol. The number of rotatable bonds is 6.